The summed E-state index contributed by atoms with van der Waals surface area (Å²) in [6.45, 7) is 2.10. The Morgan fingerprint density at radius 1 is 1.50 bits per heavy atom. The van der Waals surface area contributed by atoms with Crippen LogP contribution in [0.3, 0.4) is 0 Å². The van der Waals surface area contributed by atoms with E-state index in [-0.39, 0.29) is 16.8 Å². The number of hydrogen-bond donors (Lipinski definition) is 3. The second-order valence-electron chi connectivity index (χ2n) is 4.54. The predicted molar refractivity (Wildman–Crippen MR) is 72.3 cm³/mol. The summed E-state index contributed by atoms with van der Waals surface area (Å²) in [6.07, 6.45) is 3.22. The van der Waals surface area contributed by atoms with E-state index in [0.29, 0.717) is 10.4 Å². The number of hydrazine groups is 1. The van der Waals surface area contributed by atoms with Crippen LogP contribution >= 0.6 is 15.9 Å². The van der Waals surface area contributed by atoms with Gasteiger partial charge in [-0.05, 0) is 40.8 Å². The molecule has 100 valence electrons. The van der Waals surface area contributed by atoms with Crippen LogP contribution in [0.5, 0.6) is 0 Å². The van der Waals surface area contributed by atoms with Gasteiger partial charge >= 0.3 is 0 Å². The lowest BCUT2D eigenvalue weighted by Gasteiger charge is -2.33. The summed E-state index contributed by atoms with van der Waals surface area (Å²) in [5, 5.41) is 0. The van der Waals surface area contributed by atoms with Gasteiger partial charge in [0.15, 0.2) is 5.82 Å². The molecule has 1 aromatic heterocycles. The molecule has 4 N–H and O–H groups in total. The van der Waals surface area contributed by atoms with Crippen LogP contribution in [0.15, 0.2) is 21.6 Å². The lowest BCUT2D eigenvalue weighted by Crippen LogP contribution is -2.43. The number of pyridine rings is 1. The molecule has 1 aliphatic carbocycles. The highest BCUT2D eigenvalue weighted by atomic mass is 79.9. The van der Waals surface area contributed by atoms with E-state index >= 15 is 0 Å². The normalized spacial score (nSPS) is 23.5. The molecular weight excluding hydrogens is 320 g/mol. The fourth-order valence-corrected chi connectivity index (χ4v) is 3.90. The first kappa shape index (κ1) is 13.7. The molecule has 0 aromatic carbocycles. The van der Waals surface area contributed by atoms with Crippen molar-refractivity contribution in [3.63, 3.8) is 0 Å². The average molecular weight is 335 g/mol. The Morgan fingerprint density at radius 3 is 2.72 bits per heavy atom. The summed E-state index contributed by atoms with van der Waals surface area (Å²) in [4.78, 5) is 3.98. The van der Waals surface area contributed by atoms with Crippen molar-refractivity contribution in [1.29, 1.82) is 0 Å². The van der Waals surface area contributed by atoms with Crippen LogP contribution in [0.25, 0.3) is 0 Å². The molecule has 0 atom stereocenters. The fourth-order valence-electron chi connectivity index (χ4n) is 2.02. The van der Waals surface area contributed by atoms with Crippen molar-refractivity contribution in [2.75, 3.05) is 5.43 Å². The number of halogens is 1. The Labute approximate surface area is 115 Å². The van der Waals surface area contributed by atoms with Crippen LogP contribution in [0.4, 0.5) is 5.82 Å². The SMILES string of the molecule is CC1CC(NS(=O)(=O)c2cc(Br)cnc2NN)C1. The largest absolute Gasteiger partial charge is 0.307 e. The fraction of sp³-hybridized carbons (Fsp3) is 0.500. The minimum atomic E-state index is -3.59. The van der Waals surface area contributed by atoms with E-state index in [4.69, 9.17) is 5.84 Å². The van der Waals surface area contributed by atoms with E-state index < -0.39 is 10.0 Å². The van der Waals surface area contributed by atoms with Gasteiger partial charge in [0, 0.05) is 16.7 Å². The smallest absolute Gasteiger partial charge is 0.244 e. The molecule has 2 rings (SSSR count). The highest BCUT2D eigenvalue weighted by Crippen LogP contribution is 2.29. The van der Waals surface area contributed by atoms with Gasteiger partial charge in [-0.15, -0.1) is 0 Å². The van der Waals surface area contributed by atoms with Crippen molar-refractivity contribution in [2.45, 2.75) is 30.7 Å². The third kappa shape index (κ3) is 2.82. The van der Waals surface area contributed by atoms with E-state index in [1.807, 2.05) is 0 Å². The standard InChI is InChI=1S/C10H15BrN4O2S/c1-6-2-8(3-6)15-18(16,17)9-4-7(11)5-13-10(9)14-12/h4-6,8,15H,2-3,12H2,1H3,(H,13,14). The van der Waals surface area contributed by atoms with Gasteiger partial charge in [0.25, 0.3) is 0 Å². The number of aromatic nitrogens is 1. The third-order valence-corrected chi connectivity index (χ3v) is 4.91. The zero-order valence-corrected chi connectivity index (χ0v) is 12.3. The lowest BCUT2D eigenvalue weighted by atomic mass is 9.83. The van der Waals surface area contributed by atoms with Crippen LogP contribution < -0.4 is 16.0 Å². The molecular formula is C10H15BrN4O2S. The van der Waals surface area contributed by atoms with Gasteiger partial charge in [0.05, 0.1) is 0 Å². The first-order valence-electron chi connectivity index (χ1n) is 5.57. The second-order valence-corrected chi connectivity index (χ2v) is 7.14. The monoisotopic (exact) mass is 334 g/mol. The number of nitrogen functional groups attached to an aromatic ring is 1. The molecule has 1 saturated carbocycles. The van der Waals surface area contributed by atoms with Crippen molar-refractivity contribution < 1.29 is 8.42 Å². The van der Waals surface area contributed by atoms with Crippen molar-refractivity contribution in [1.82, 2.24) is 9.71 Å². The van der Waals surface area contributed by atoms with E-state index in [9.17, 15) is 8.42 Å². The minimum absolute atomic E-state index is 0.00889. The van der Waals surface area contributed by atoms with Gasteiger partial charge in [-0.3, -0.25) is 0 Å². The Morgan fingerprint density at radius 2 is 2.17 bits per heavy atom. The van der Waals surface area contributed by atoms with Gasteiger partial charge in [0.2, 0.25) is 10.0 Å². The maximum atomic E-state index is 12.2. The number of hydrogen-bond acceptors (Lipinski definition) is 5. The Hall–Kier alpha value is -0.700. The minimum Gasteiger partial charge on any atom is -0.307 e. The molecule has 0 unspecified atom stereocenters. The summed E-state index contributed by atoms with van der Waals surface area (Å²) in [6, 6.07) is 1.49. The average Bonchev–Trinajstić information content (AvgIpc) is 2.26. The molecule has 8 heteroatoms. The number of nitrogens with one attached hydrogen (secondary N) is 2. The molecule has 0 amide bonds. The van der Waals surface area contributed by atoms with Gasteiger partial charge < -0.3 is 5.43 Å². The summed E-state index contributed by atoms with van der Waals surface area (Å²) < 4.78 is 27.7. The molecule has 6 nitrogen and oxygen atoms in total. The number of sulfonamides is 1. The summed E-state index contributed by atoms with van der Waals surface area (Å²) in [5.41, 5.74) is 2.30. The van der Waals surface area contributed by atoms with Crippen LogP contribution in [0.1, 0.15) is 19.8 Å². The Bertz CT molecular complexity index is 543. The number of rotatable bonds is 4. The number of nitrogens with zero attached hydrogens (tertiary/aromatic N) is 1. The summed E-state index contributed by atoms with van der Waals surface area (Å²) in [7, 11) is -3.59. The molecule has 18 heavy (non-hydrogen) atoms. The highest BCUT2D eigenvalue weighted by molar-refractivity contribution is 9.10. The molecule has 0 bridgehead atoms. The quantitative estimate of drug-likeness (QED) is 0.568. The molecule has 0 spiro atoms. The van der Waals surface area contributed by atoms with Crippen LogP contribution in [0, 0.1) is 5.92 Å². The van der Waals surface area contributed by atoms with E-state index in [0.717, 1.165) is 12.8 Å². The van der Waals surface area contributed by atoms with Gasteiger partial charge in [-0.25, -0.2) is 24.0 Å². The van der Waals surface area contributed by atoms with E-state index in [1.54, 1.807) is 0 Å². The van der Waals surface area contributed by atoms with Gasteiger partial charge in [-0.2, -0.15) is 0 Å². The van der Waals surface area contributed by atoms with Crippen LogP contribution in [-0.4, -0.2) is 19.4 Å². The van der Waals surface area contributed by atoms with Crippen molar-refractivity contribution >= 4 is 31.8 Å². The first-order valence-corrected chi connectivity index (χ1v) is 7.84. The van der Waals surface area contributed by atoms with Crippen molar-refractivity contribution in [3.05, 3.63) is 16.7 Å². The number of nitrogens with two attached hydrogens (primary N) is 1. The van der Waals surface area contributed by atoms with E-state index in [1.165, 1.54) is 12.3 Å². The van der Waals surface area contributed by atoms with Crippen LogP contribution in [0.2, 0.25) is 0 Å². The second kappa shape index (κ2) is 5.12. The van der Waals surface area contributed by atoms with Gasteiger partial charge in [-0.1, -0.05) is 6.92 Å². The maximum Gasteiger partial charge on any atom is 0.244 e. The summed E-state index contributed by atoms with van der Waals surface area (Å²) >= 11 is 3.20. The van der Waals surface area contributed by atoms with Crippen LogP contribution in [-0.2, 0) is 10.0 Å². The summed E-state index contributed by atoms with van der Waals surface area (Å²) in [5.74, 6) is 5.99. The number of anilines is 1. The maximum absolute atomic E-state index is 12.2. The molecule has 0 radical (unpaired) electrons. The zero-order valence-electron chi connectivity index (χ0n) is 9.85. The lowest BCUT2D eigenvalue weighted by molar-refractivity contribution is 0.270. The topological polar surface area (TPSA) is 97.1 Å². The first-order chi connectivity index (χ1) is 8.42. The Balaban J connectivity index is 2.26. The highest BCUT2D eigenvalue weighted by Gasteiger charge is 2.31. The van der Waals surface area contributed by atoms with Gasteiger partial charge in [0.1, 0.15) is 4.90 Å². The molecule has 1 aliphatic rings. The van der Waals surface area contributed by atoms with Crippen molar-refractivity contribution in [3.8, 4) is 0 Å². The molecule has 1 aromatic rings. The zero-order chi connectivity index (χ0) is 13.3. The Kier molecular flexibility index (Phi) is 3.90. The molecule has 1 fully saturated rings. The molecule has 0 aliphatic heterocycles. The molecule has 1 heterocycles. The van der Waals surface area contributed by atoms with Crippen molar-refractivity contribution in [2.24, 2.45) is 11.8 Å². The predicted octanol–water partition coefficient (Wildman–Crippen LogP) is 1.21. The third-order valence-electron chi connectivity index (χ3n) is 2.94. The van der Waals surface area contributed by atoms with E-state index in [2.05, 4.69) is 38.0 Å². The molecule has 0 saturated heterocycles.